The molecule has 9 heteroatoms. The zero-order valence-electron chi connectivity index (χ0n) is 21.6. The lowest BCUT2D eigenvalue weighted by Gasteiger charge is -2.29. The molecule has 38 heavy (non-hydrogen) atoms. The molecule has 202 valence electrons. The largest absolute Gasteiger partial charge is 0.489 e. The highest BCUT2D eigenvalue weighted by Crippen LogP contribution is 2.31. The number of hydrogen-bond donors (Lipinski definition) is 3. The van der Waals surface area contributed by atoms with E-state index in [4.69, 9.17) is 9.47 Å². The molecule has 2 heterocycles. The van der Waals surface area contributed by atoms with E-state index in [0.29, 0.717) is 37.7 Å². The van der Waals surface area contributed by atoms with Crippen molar-refractivity contribution in [3.05, 3.63) is 83.4 Å². The van der Waals surface area contributed by atoms with Crippen LogP contribution in [0.2, 0.25) is 0 Å². The Morgan fingerprint density at radius 1 is 1.03 bits per heavy atom. The van der Waals surface area contributed by atoms with E-state index in [0.717, 1.165) is 48.3 Å². The molecule has 3 aromatic carbocycles. The van der Waals surface area contributed by atoms with Crippen molar-refractivity contribution in [3.8, 4) is 5.75 Å². The number of hydrogen-bond acceptors (Lipinski definition) is 7. The number of aliphatic hydroxyl groups is 1. The fourth-order valence-electron chi connectivity index (χ4n) is 4.80. The third-order valence-electron chi connectivity index (χ3n) is 7.04. The summed E-state index contributed by atoms with van der Waals surface area (Å²) in [6, 6.07) is 20.3. The van der Waals surface area contributed by atoms with Crippen LogP contribution in [0.5, 0.6) is 5.75 Å². The van der Waals surface area contributed by atoms with Gasteiger partial charge in [0, 0.05) is 37.6 Å². The van der Waals surface area contributed by atoms with Crippen molar-refractivity contribution in [2.75, 3.05) is 49.0 Å². The summed E-state index contributed by atoms with van der Waals surface area (Å²) in [4.78, 5) is 2.44. The molecule has 0 bridgehead atoms. The van der Waals surface area contributed by atoms with Gasteiger partial charge in [-0.15, -0.1) is 0 Å². The summed E-state index contributed by atoms with van der Waals surface area (Å²) in [7, 11) is -3.73. The molecule has 0 amide bonds. The number of sulfonamides is 1. The summed E-state index contributed by atoms with van der Waals surface area (Å²) >= 11 is 0. The Kier molecular flexibility index (Phi) is 8.18. The third-order valence-corrected chi connectivity index (χ3v) is 8.42. The van der Waals surface area contributed by atoms with Gasteiger partial charge >= 0.3 is 0 Å². The Balaban J connectivity index is 1.15. The maximum Gasteiger partial charge on any atom is 0.261 e. The first kappa shape index (κ1) is 26.5. The molecule has 0 spiro atoms. The monoisotopic (exact) mass is 537 g/mol. The van der Waals surface area contributed by atoms with E-state index >= 15 is 0 Å². The summed E-state index contributed by atoms with van der Waals surface area (Å²) in [6.07, 6.45) is 0.862. The lowest BCUT2D eigenvalue weighted by atomic mass is 10.0. The molecular formula is C29H35N3O5S. The van der Waals surface area contributed by atoms with Crippen LogP contribution < -0.4 is 19.7 Å². The molecule has 1 fully saturated rings. The Morgan fingerprint density at radius 2 is 1.76 bits per heavy atom. The molecule has 0 radical (unpaired) electrons. The molecule has 2 aliphatic rings. The predicted molar refractivity (Wildman–Crippen MR) is 148 cm³/mol. The number of nitrogens with zero attached hydrogens (tertiary/aromatic N) is 1. The highest BCUT2D eigenvalue weighted by atomic mass is 32.2. The Bertz CT molecular complexity index is 1320. The van der Waals surface area contributed by atoms with E-state index in [1.165, 1.54) is 0 Å². The second-order valence-corrected chi connectivity index (χ2v) is 11.6. The second kappa shape index (κ2) is 11.7. The first-order valence-electron chi connectivity index (χ1n) is 13.1. The second-order valence-electron chi connectivity index (χ2n) is 9.88. The van der Waals surface area contributed by atoms with E-state index < -0.39 is 16.1 Å². The molecule has 1 saturated heterocycles. The number of fused-ring (bicyclic) bond motifs is 1. The molecule has 3 aromatic rings. The SMILES string of the molecule is Cc1ccc(C(O)CNCC2CCc3cc(S(=O)(=O)Nc4ccc(N5CCOCC5)cc4)ccc3O2)cc1. The smallest absolute Gasteiger partial charge is 0.261 e. The maximum atomic E-state index is 13.1. The van der Waals surface area contributed by atoms with Gasteiger partial charge in [0.25, 0.3) is 10.0 Å². The fourth-order valence-corrected chi connectivity index (χ4v) is 5.90. The van der Waals surface area contributed by atoms with Crippen molar-refractivity contribution < 1.29 is 23.0 Å². The molecule has 3 N–H and O–H groups in total. The minimum Gasteiger partial charge on any atom is -0.489 e. The van der Waals surface area contributed by atoms with Crippen LogP contribution in [-0.2, 0) is 21.2 Å². The van der Waals surface area contributed by atoms with E-state index in [-0.39, 0.29) is 11.0 Å². The zero-order chi connectivity index (χ0) is 26.5. The lowest BCUT2D eigenvalue weighted by Crippen LogP contribution is -2.36. The Labute approximate surface area is 224 Å². The molecule has 5 rings (SSSR count). The van der Waals surface area contributed by atoms with Crippen LogP contribution in [0.1, 0.15) is 29.2 Å². The van der Waals surface area contributed by atoms with Crippen molar-refractivity contribution in [1.29, 1.82) is 0 Å². The van der Waals surface area contributed by atoms with Crippen molar-refractivity contribution in [2.24, 2.45) is 0 Å². The maximum absolute atomic E-state index is 13.1. The molecular weight excluding hydrogens is 502 g/mol. The highest BCUT2D eigenvalue weighted by molar-refractivity contribution is 7.92. The summed E-state index contributed by atoms with van der Waals surface area (Å²) in [5.74, 6) is 0.705. The normalized spacial score (nSPS) is 18.4. The van der Waals surface area contributed by atoms with Gasteiger partial charge in [-0.1, -0.05) is 29.8 Å². The number of aliphatic hydroxyl groups excluding tert-OH is 1. The zero-order valence-corrected chi connectivity index (χ0v) is 22.4. The van der Waals surface area contributed by atoms with Gasteiger partial charge < -0.3 is 24.8 Å². The van der Waals surface area contributed by atoms with Crippen molar-refractivity contribution in [1.82, 2.24) is 5.32 Å². The van der Waals surface area contributed by atoms with Gasteiger partial charge in [-0.3, -0.25) is 4.72 Å². The van der Waals surface area contributed by atoms with Crippen LogP contribution in [0.15, 0.2) is 71.6 Å². The van der Waals surface area contributed by atoms with E-state index in [1.54, 1.807) is 30.3 Å². The predicted octanol–water partition coefficient (Wildman–Crippen LogP) is 3.65. The van der Waals surface area contributed by atoms with Gasteiger partial charge in [-0.2, -0.15) is 0 Å². The van der Waals surface area contributed by atoms with Crippen LogP contribution in [0, 0.1) is 6.92 Å². The Morgan fingerprint density at radius 3 is 2.50 bits per heavy atom. The van der Waals surface area contributed by atoms with E-state index in [1.807, 2.05) is 43.3 Å². The minimum atomic E-state index is -3.73. The first-order chi connectivity index (χ1) is 18.4. The molecule has 2 unspecified atom stereocenters. The molecule has 0 aliphatic carbocycles. The van der Waals surface area contributed by atoms with Gasteiger partial charge in [0.05, 0.1) is 24.2 Å². The van der Waals surface area contributed by atoms with Gasteiger partial charge in [0.1, 0.15) is 11.9 Å². The van der Waals surface area contributed by atoms with Crippen LogP contribution in [-0.4, -0.2) is 59.0 Å². The third kappa shape index (κ3) is 6.47. The molecule has 0 aromatic heterocycles. The molecule has 8 nitrogen and oxygen atoms in total. The van der Waals surface area contributed by atoms with Gasteiger partial charge in [-0.25, -0.2) is 8.42 Å². The van der Waals surface area contributed by atoms with Crippen LogP contribution in [0.3, 0.4) is 0 Å². The highest BCUT2D eigenvalue weighted by Gasteiger charge is 2.23. The van der Waals surface area contributed by atoms with Crippen LogP contribution in [0.25, 0.3) is 0 Å². The van der Waals surface area contributed by atoms with Gasteiger partial charge in [0.2, 0.25) is 0 Å². The van der Waals surface area contributed by atoms with Crippen LogP contribution in [0.4, 0.5) is 11.4 Å². The molecule has 0 saturated carbocycles. The number of benzene rings is 3. The number of ether oxygens (including phenoxy) is 2. The van der Waals surface area contributed by atoms with Crippen molar-refractivity contribution >= 4 is 21.4 Å². The van der Waals surface area contributed by atoms with Gasteiger partial charge in [-0.05, 0) is 73.4 Å². The summed E-state index contributed by atoms with van der Waals surface area (Å²) < 4.78 is 40.3. The van der Waals surface area contributed by atoms with E-state index in [9.17, 15) is 13.5 Å². The fraction of sp³-hybridized carbons (Fsp3) is 0.379. The van der Waals surface area contributed by atoms with Crippen molar-refractivity contribution in [3.63, 3.8) is 0 Å². The minimum absolute atomic E-state index is 0.0433. The molecule has 2 aliphatic heterocycles. The number of aryl methyl sites for hydroxylation is 2. The quantitative estimate of drug-likeness (QED) is 0.383. The molecule has 2 atom stereocenters. The number of nitrogens with one attached hydrogen (secondary N) is 2. The first-order valence-corrected chi connectivity index (χ1v) is 14.6. The average molecular weight is 538 g/mol. The van der Waals surface area contributed by atoms with Crippen molar-refractivity contribution in [2.45, 2.75) is 36.9 Å². The van der Waals surface area contributed by atoms with Crippen LogP contribution >= 0.6 is 0 Å². The topological polar surface area (TPSA) is 100 Å². The number of morpholine rings is 1. The van der Waals surface area contributed by atoms with E-state index in [2.05, 4.69) is 14.9 Å². The number of anilines is 2. The lowest BCUT2D eigenvalue weighted by molar-refractivity contribution is 0.122. The number of rotatable bonds is 9. The summed E-state index contributed by atoms with van der Waals surface area (Å²) in [5, 5.41) is 13.7. The Hall–Kier alpha value is -3.11. The summed E-state index contributed by atoms with van der Waals surface area (Å²) in [5.41, 5.74) is 4.50. The summed E-state index contributed by atoms with van der Waals surface area (Å²) in [6.45, 7) is 6.11. The standard InChI is InChI=1S/C29H35N3O5S/c1-21-2-4-22(5-3-21)28(33)20-30-19-26-11-6-23-18-27(12-13-29(23)37-26)38(34,35)31-24-7-9-25(10-8-24)32-14-16-36-17-15-32/h2-5,7-10,12-13,18,26,28,30-31,33H,6,11,14-17,19-20H2,1H3. The van der Waals surface area contributed by atoms with Gasteiger partial charge in [0.15, 0.2) is 0 Å². The average Bonchev–Trinajstić information content (AvgIpc) is 2.94.